The fourth-order valence-corrected chi connectivity index (χ4v) is 4.83. The third-order valence-corrected chi connectivity index (χ3v) is 7.04. The molecule has 3 rings (SSSR count). The Balaban J connectivity index is 1.57. The number of nitrogens with zero attached hydrogens (tertiary/aromatic N) is 3. The van der Waals surface area contributed by atoms with E-state index in [1.807, 2.05) is 0 Å². The van der Waals surface area contributed by atoms with Gasteiger partial charge in [0.25, 0.3) is 16.1 Å². The first-order valence-corrected chi connectivity index (χ1v) is 10.7. The van der Waals surface area contributed by atoms with Crippen LogP contribution < -0.4 is 14.8 Å². The van der Waals surface area contributed by atoms with Crippen LogP contribution in [0.5, 0.6) is 11.5 Å². The van der Waals surface area contributed by atoms with Gasteiger partial charge in [0.05, 0.1) is 19.3 Å². The van der Waals surface area contributed by atoms with Crippen molar-refractivity contribution in [1.29, 1.82) is 0 Å². The van der Waals surface area contributed by atoms with Crippen molar-refractivity contribution < 1.29 is 22.7 Å². The number of hydrogen-bond donors (Lipinski definition) is 1. The maximum absolute atomic E-state index is 12.3. The number of nitrogens with one attached hydrogen (secondary N) is 1. The number of amides is 1. The Bertz CT molecular complexity index is 941. The van der Waals surface area contributed by atoms with Gasteiger partial charge in [-0.2, -0.15) is 17.0 Å². The predicted molar refractivity (Wildman–Crippen MR) is 106 cm³/mol. The number of ether oxygens (including phenoxy) is 2. The van der Waals surface area contributed by atoms with Crippen LogP contribution in [0.15, 0.2) is 24.3 Å². The summed E-state index contributed by atoms with van der Waals surface area (Å²) in [5, 5.41) is 3.15. The molecule has 11 heteroatoms. The number of aromatic nitrogens is 1. The van der Waals surface area contributed by atoms with Crippen molar-refractivity contribution in [2.45, 2.75) is 13.0 Å². The van der Waals surface area contributed by atoms with Crippen molar-refractivity contribution >= 4 is 32.6 Å². The molecule has 0 fully saturated rings. The quantitative estimate of drug-likeness (QED) is 0.717. The Hall–Kier alpha value is -2.21. The monoisotopic (exact) mass is 426 g/mol. The highest BCUT2D eigenvalue weighted by atomic mass is 32.2. The van der Waals surface area contributed by atoms with Crippen molar-refractivity contribution in [3.05, 3.63) is 34.8 Å². The molecule has 1 aromatic heterocycles. The molecule has 0 radical (unpaired) electrons. The van der Waals surface area contributed by atoms with Crippen molar-refractivity contribution in [1.82, 2.24) is 13.6 Å². The van der Waals surface area contributed by atoms with Crippen LogP contribution in [0.1, 0.15) is 10.6 Å². The summed E-state index contributed by atoms with van der Waals surface area (Å²) in [6.45, 7) is 0.467. The van der Waals surface area contributed by atoms with E-state index >= 15 is 0 Å². The summed E-state index contributed by atoms with van der Waals surface area (Å²) in [6, 6.07) is 6.92. The highest BCUT2D eigenvalue weighted by Crippen LogP contribution is 2.29. The van der Waals surface area contributed by atoms with Crippen LogP contribution in [0.2, 0.25) is 0 Å². The molecule has 0 unspecified atom stereocenters. The average molecular weight is 427 g/mol. The maximum atomic E-state index is 12.3. The number of hydrogen-bond acceptors (Lipinski definition) is 7. The fraction of sp³-hybridized carbons (Fsp3) is 0.412. The molecular formula is C17H22N4O5S2. The van der Waals surface area contributed by atoms with Crippen LogP contribution in [0, 0.1) is 0 Å². The molecule has 2 aromatic rings. The molecule has 28 heavy (non-hydrogen) atoms. The molecule has 9 nitrogen and oxygen atoms in total. The van der Waals surface area contributed by atoms with Crippen molar-refractivity contribution in [3.63, 3.8) is 0 Å². The number of carbonyl (C=O) groups excluding carboxylic acids is 1. The molecule has 0 aliphatic carbocycles. The van der Waals surface area contributed by atoms with E-state index in [9.17, 15) is 13.2 Å². The van der Waals surface area contributed by atoms with E-state index in [0.29, 0.717) is 29.6 Å². The number of fused-ring (bicyclic) bond motifs is 1. The van der Waals surface area contributed by atoms with Gasteiger partial charge in [0.15, 0.2) is 11.7 Å². The standard InChI is InChI=1S/C17H22N4O5S2/c1-20(2)28(23,24)21-9-8-14-15(10-21)27-17(18-14)19-16(22)11-26-13-6-4-12(25-3)5-7-13/h4-7H,8-11H2,1-3H3,(H,18,19,22). The van der Waals surface area contributed by atoms with E-state index in [0.717, 1.165) is 10.6 Å². The highest BCUT2D eigenvalue weighted by molar-refractivity contribution is 7.86. The lowest BCUT2D eigenvalue weighted by molar-refractivity contribution is -0.118. The molecule has 0 bridgehead atoms. The fourth-order valence-electron chi connectivity index (χ4n) is 2.63. The van der Waals surface area contributed by atoms with E-state index in [1.165, 1.54) is 34.0 Å². The second kappa shape index (κ2) is 8.43. The summed E-state index contributed by atoms with van der Waals surface area (Å²) < 4.78 is 37.7. The van der Waals surface area contributed by atoms with Crippen molar-refractivity contribution in [2.24, 2.45) is 0 Å². The summed E-state index contributed by atoms with van der Waals surface area (Å²) in [7, 11) is 1.12. The Labute approximate surface area is 168 Å². The molecule has 0 atom stereocenters. The van der Waals surface area contributed by atoms with E-state index in [2.05, 4.69) is 10.3 Å². The molecule has 0 saturated heterocycles. The number of rotatable bonds is 7. The number of benzene rings is 1. The van der Waals surface area contributed by atoms with E-state index in [-0.39, 0.29) is 19.1 Å². The van der Waals surface area contributed by atoms with Crippen LogP contribution in [0.4, 0.5) is 5.13 Å². The second-order valence-electron chi connectivity index (χ2n) is 6.27. The molecule has 2 heterocycles. The lowest BCUT2D eigenvalue weighted by atomic mass is 10.2. The number of anilines is 1. The second-order valence-corrected chi connectivity index (χ2v) is 9.50. The average Bonchev–Trinajstić information content (AvgIpc) is 3.07. The van der Waals surface area contributed by atoms with Gasteiger partial charge < -0.3 is 9.47 Å². The molecular weight excluding hydrogens is 404 g/mol. The molecule has 1 aliphatic rings. The van der Waals surface area contributed by atoms with Crippen LogP contribution >= 0.6 is 11.3 Å². The molecule has 152 valence electrons. The Kier molecular flexibility index (Phi) is 6.18. The van der Waals surface area contributed by atoms with Crippen molar-refractivity contribution in [2.75, 3.05) is 39.7 Å². The summed E-state index contributed by atoms with van der Waals surface area (Å²) in [5.41, 5.74) is 0.821. The van der Waals surface area contributed by atoms with E-state index in [1.54, 1.807) is 31.4 Å². The minimum absolute atomic E-state index is 0.155. The molecule has 1 amide bonds. The molecule has 1 aliphatic heterocycles. The maximum Gasteiger partial charge on any atom is 0.281 e. The largest absolute Gasteiger partial charge is 0.497 e. The predicted octanol–water partition coefficient (Wildman–Crippen LogP) is 1.33. The zero-order valence-corrected chi connectivity index (χ0v) is 17.5. The summed E-state index contributed by atoms with van der Waals surface area (Å²) >= 11 is 1.28. The van der Waals surface area contributed by atoms with Crippen LogP contribution in [-0.2, 0) is 28.0 Å². The summed E-state index contributed by atoms with van der Waals surface area (Å²) in [4.78, 5) is 17.4. The van der Waals surface area contributed by atoms with E-state index < -0.39 is 10.2 Å². The van der Waals surface area contributed by atoms with Gasteiger partial charge in [0.2, 0.25) is 0 Å². The van der Waals surface area contributed by atoms with E-state index in [4.69, 9.17) is 9.47 Å². The number of carbonyl (C=O) groups is 1. The van der Waals surface area contributed by atoms with Gasteiger partial charge in [-0.05, 0) is 24.3 Å². The molecule has 1 aromatic carbocycles. The minimum atomic E-state index is -3.47. The van der Waals surface area contributed by atoms with Gasteiger partial charge in [-0.3, -0.25) is 10.1 Å². The molecule has 0 saturated carbocycles. The first-order valence-electron chi connectivity index (χ1n) is 8.52. The number of methoxy groups -OCH3 is 1. The SMILES string of the molecule is COc1ccc(OCC(=O)Nc2nc3c(s2)CN(S(=O)(=O)N(C)C)CC3)cc1. The van der Waals surface area contributed by atoms with Crippen LogP contribution in [0.25, 0.3) is 0 Å². The van der Waals surface area contributed by atoms with Gasteiger partial charge in [-0.15, -0.1) is 11.3 Å². The summed E-state index contributed by atoms with van der Waals surface area (Å²) in [6.07, 6.45) is 0.511. The smallest absolute Gasteiger partial charge is 0.281 e. The van der Waals surface area contributed by atoms with Gasteiger partial charge >= 0.3 is 0 Å². The normalized spacial score (nSPS) is 14.6. The van der Waals surface area contributed by atoms with Gasteiger partial charge in [-0.25, -0.2) is 4.98 Å². The first-order chi connectivity index (χ1) is 13.3. The minimum Gasteiger partial charge on any atom is -0.497 e. The number of thiazole rings is 1. The Morgan fingerprint density at radius 3 is 2.61 bits per heavy atom. The Morgan fingerprint density at radius 2 is 1.96 bits per heavy atom. The van der Waals surface area contributed by atoms with Gasteiger partial charge in [0.1, 0.15) is 11.5 Å². The Morgan fingerprint density at radius 1 is 1.29 bits per heavy atom. The summed E-state index contributed by atoms with van der Waals surface area (Å²) in [5.74, 6) is 0.925. The van der Waals surface area contributed by atoms with Gasteiger partial charge in [0, 0.05) is 31.9 Å². The third-order valence-electron chi connectivity index (χ3n) is 4.16. The van der Waals surface area contributed by atoms with Crippen LogP contribution in [-0.4, -0.2) is 62.3 Å². The molecule has 0 spiro atoms. The first kappa shape index (κ1) is 20.5. The molecule has 1 N–H and O–H groups in total. The van der Waals surface area contributed by atoms with Gasteiger partial charge in [-0.1, -0.05) is 0 Å². The lowest BCUT2D eigenvalue weighted by Gasteiger charge is -2.27. The highest BCUT2D eigenvalue weighted by Gasteiger charge is 2.30. The topological polar surface area (TPSA) is 101 Å². The van der Waals surface area contributed by atoms with Crippen LogP contribution in [0.3, 0.4) is 0 Å². The zero-order chi connectivity index (χ0) is 20.3. The zero-order valence-electron chi connectivity index (χ0n) is 15.8. The lowest BCUT2D eigenvalue weighted by Crippen LogP contribution is -2.42. The van der Waals surface area contributed by atoms with Crippen molar-refractivity contribution in [3.8, 4) is 11.5 Å². The third kappa shape index (κ3) is 4.61.